The largest absolute Gasteiger partial charge is 0.326 e. The van der Waals surface area contributed by atoms with Crippen LogP contribution in [0.3, 0.4) is 0 Å². The summed E-state index contributed by atoms with van der Waals surface area (Å²) in [5.74, 6) is -1.80. The molecule has 0 aliphatic carbocycles. The van der Waals surface area contributed by atoms with Crippen LogP contribution in [0.25, 0.3) is 0 Å². The quantitative estimate of drug-likeness (QED) is 0.881. The predicted molar refractivity (Wildman–Crippen MR) is 95.2 cm³/mol. The summed E-state index contributed by atoms with van der Waals surface area (Å²) in [6.45, 7) is 4.45. The Bertz CT molecular complexity index is 850. The van der Waals surface area contributed by atoms with Crippen LogP contribution in [0.5, 0.6) is 0 Å². The monoisotopic (exact) mass is 359 g/mol. The third kappa shape index (κ3) is 3.82. The molecule has 3 rings (SSSR count). The first-order valence-electron chi connectivity index (χ1n) is 8.26. The molecule has 26 heavy (non-hydrogen) atoms. The van der Waals surface area contributed by atoms with Crippen molar-refractivity contribution in [3.05, 3.63) is 59.2 Å². The Morgan fingerprint density at radius 2 is 1.77 bits per heavy atom. The van der Waals surface area contributed by atoms with Gasteiger partial charge in [-0.1, -0.05) is 6.07 Å². The number of nitrogens with zero attached hydrogens (tertiary/aromatic N) is 1. The van der Waals surface area contributed by atoms with E-state index in [0.29, 0.717) is 19.0 Å². The minimum atomic E-state index is -0.793. The molecule has 1 heterocycles. The van der Waals surface area contributed by atoms with Gasteiger partial charge in [-0.3, -0.25) is 4.79 Å². The van der Waals surface area contributed by atoms with Crippen LogP contribution in [-0.4, -0.2) is 24.5 Å². The number of halogens is 2. The Morgan fingerprint density at radius 1 is 1.08 bits per heavy atom. The van der Waals surface area contributed by atoms with Crippen LogP contribution in [0, 0.1) is 25.5 Å². The second-order valence-corrected chi connectivity index (χ2v) is 6.36. The van der Waals surface area contributed by atoms with Crippen molar-refractivity contribution in [1.82, 2.24) is 5.32 Å². The highest BCUT2D eigenvalue weighted by Crippen LogP contribution is 2.24. The van der Waals surface area contributed by atoms with Crippen molar-refractivity contribution in [1.29, 1.82) is 0 Å². The molecule has 5 nitrogen and oxygen atoms in total. The summed E-state index contributed by atoms with van der Waals surface area (Å²) < 4.78 is 26.3. The summed E-state index contributed by atoms with van der Waals surface area (Å²) in [4.78, 5) is 26.2. The summed E-state index contributed by atoms with van der Waals surface area (Å²) in [7, 11) is 0. The molecule has 0 spiro atoms. The molecule has 1 aliphatic heterocycles. The van der Waals surface area contributed by atoms with Gasteiger partial charge in [0, 0.05) is 24.0 Å². The molecule has 2 N–H and O–H groups in total. The Hall–Kier alpha value is -2.96. The van der Waals surface area contributed by atoms with Gasteiger partial charge in [0.2, 0.25) is 5.91 Å². The Morgan fingerprint density at radius 3 is 2.42 bits per heavy atom. The first-order chi connectivity index (χ1) is 12.3. The van der Waals surface area contributed by atoms with Crippen LogP contribution in [0.2, 0.25) is 0 Å². The number of urea groups is 1. The summed E-state index contributed by atoms with van der Waals surface area (Å²) in [5.41, 5.74) is 2.99. The first kappa shape index (κ1) is 17.8. The van der Waals surface area contributed by atoms with Crippen molar-refractivity contribution in [3.8, 4) is 0 Å². The minimum absolute atomic E-state index is 0.0172. The van der Waals surface area contributed by atoms with Gasteiger partial charge in [0.1, 0.15) is 17.7 Å². The van der Waals surface area contributed by atoms with Gasteiger partial charge in [-0.2, -0.15) is 0 Å². The number of hydrogen-bond donors (Lipinski definition) is 2. The zero-order valence-corrected chi connectivity index (χ0v) is 14.5. The van der Waals surface area contributed by atoms with Gasteiger partial charge < -0.3 is 15.5 Å². The van der Waals surface area contributed by atoms with E-state index in [9.17, 15) is 18.4 Å². The third-order valence-corrected chi connectivity index (χ3v) is 4.43. The molecule has 0 saturated carbocycles. The van der Waals surface area contributed by atoms with Gasteiger partial charge in [-0.05, 0) is 55.7 Å². The molecule has 3 amide bonds. The fourth-order valence-corrected chi connectivity index (χ4v) is 2.92. The number of amides is 3. The highest BCUT2D eigenvalue weighted by Gasteiger charge is 2.33. The van der Waals surface area contributed by atoms with Gasteiger partial charge in [0.15, 0.2) is 0 Å². The van der Waals surface area contributed by atoms with E-state index in [4.69, 9.17) is 0 Å². The van der Waals surface area contributed by atoms with E-state index in [0.717, 1.165) is 28.9 Å². The predicted octanol–water partition coefficient (Wildman–Crippen LogP) is 3.51. The molecule has 7 heteroatoms. The lowest BCUT2D eigenvalue weighted by atomic mass is 10.1. The molecule has 0 radical (unpaired) electrons. The standard InChI is InChI=1S/C19H19F2N3O2/c1-11-3-4-16(7-12(11)2)24-6-5-17(18(24)25)23-19(26)22-15-9-13(20)8-14(21)10-15/h3-4,7-10,17H,5-6H2,1-2H3,(H2,22,23,26). The van der Waals surface area contributed by atoms with Crippen molar-refractivity contribution in [2.75, 3.05) is 16.8 Å². The second-order valence-electron chi connectivity index (χ2n) is 6.36. The zero-order chi connectivity index (χ0) is 18.8. The van der Waals surface area contributed by atoms with Gasteiger partial charge in [-0.15, -0.1) is 0 Å². The third-order valence-electron chi connectivity index (χ3n) is 4.43. The molecule has 1 atom stereocenters. The van der Waals surface area contributed by atoms with E-state index in [1.54, 1.807) is 4.90 Å². The number of carbonyl (C=O) groups is 2. The molecule has 1 aliphatic rings. The average Bonchev–Trinajstić information content (AvgIpc) is 2.90. The van der Waals surface area contributed by atoms with Crippen LogP contribution >= 0.6 is 0 Å². The van der Waals surface area contributed by atoms with Gasteiger partial charge in [0.25, 0.3) is 0 Å². The van der Waals surface area contributed by atoms with E-state index in [2.05, 4.69) is 10.6 Å². The van der Waals surface area contributed by atoms with E-state index in [1.165, 1.54) is 0 Å². The smallest absolute Gasteiger partial charge is 0.319 e. The summed E-state index contributed by atoms with van der Waals surface area (Å²) in [5, 5.41) is 4.90. The average molecular weight is 359 g/mol. The molecule has 136 valence electrons. The minimum Gasteiger partial charge on any atom is -0.326 e. The maximum absolute atomic E-state index is 13.2. The molecule has 1 saturated heterocycles. The zero-order valence-electron chi connectivity index (χ0n) is 14.5. The molecule has 1 unspecified atom stereocenters. The van der Waals surface area contributed by atoms with Crippen molar-refractivity contribution >= 4 is 23.3 Å². The summed E-state index contributed by atoms with van der Waals surface area (Å²) >= 11 is 0. The number of hydrogen-bond acceptors (Lipinski definition) is 2. The Balaban J connectivity index is 1.64. The van der Waals surface area contributed by atoms with Gasteiger partial charge in [-0.25, -0.2) is 13.6 Å². The SMILES string of the molecule is Cc1ccc(N2CCC(NC(=O)Nc3cc(F)cc(F)c3)C2=O)cc1C. The fraction of sp³-hybridized carbons (Fsp3) is 0.263. The lowest BCUT2D eigenvalue weighted by molar-refractivity contribution is -0.118. The highest BCUT2D eigenvalue weighted by atomic mass is 19.1. The fourth-order valence-electron chi connectivity index (χ4n) is 2.92. The van der Waals surface area contributed by atoms with Crippen LogP contribution in [0.1, 0.15) is 17.5 Å². The van der Waals surface area contributed by atoms with Crippen molar-refractivity contribution in [3.63, 3.8) is 0 Å². The van der Waals surface area contributed by atoms with Crippen LogP contribution in [-0.2, 0) is 4.79 Å². The topological polar surface area (TPSA) is 61.4 Å². The van der Waals surface area contributed by atoms with Crippen LogP contribution in [0.4, 0.5) is 25.0 Å². The molecular formula is C19H19F2N3O2. The first-order valence-corrected chi connectivity index (χ1v) is 8.26. The Labute approximate surface area is 150 Å². The number of nitrogens with one attached hydrogen (secondary N) is 2. The molecule has 1 fully saturated rings. The Kier molecular flexibility index (Phi) is 4.88. The molecular weight excluding hydrogens is 340 g/mol. The van der Waals surface area contributed by atoms with Crippen LogP contribution in [0.15, 0.2) is 36.4 Å². The molecule has 0 aromatic heterocycles. The lowest BCUT2D eigenvalue weighted by Gasteiger charge is -2.18. The van der Waals surface area contributed by atoms with E-state index in [-0.39, 0.29) is 11.6 Å². The molecule has 2 aromatic carbocycles. The summed E-state index contributed by atoms with van der Waals surface area (Å²) in [6.07, 6.45) is 0.455. The molecule has 2 aromatic rings. The van der Waals surface area contributed by atoms with Crippen molar-refractivity contribution < 1.29 is 18.4 Å². The van der Waals surface area contributed by atoms with E-state index in [1.807, 2.05) is 32.0 Å². The highest BCUT2D eigenvalue weighted by molar-refractivity contribution is 6.02. The number of aryl methyl sites for hydroxylation is 2. The number of benzene rings is 2. The number of carbonyl (C=O) groups excluding carboxylic acids is 2. The number of rotatable bonds is 3. The van der Waals surface area contributed by atoms with Crippen molar-refractivity contribution in [2.24, 2.45) is 0 Å². The lowest BCUT2D eigenvalue weighted by Crippen LogP contribution is -2.43. The second kappa shape index (κ2) is 7.11. The molecule has 0 bridgehead atoms. The maximum Gasteiger partial charge on any atom is 0.319 e. The number of anilines is 2. The normalized spacial score (nSPS) is 16.7. The van der Waals surface area contributed by atoms with Gasteiger partial charge in [0.05, 0.1) is 0 Å². The van der Waals surface area contributed by atoms with Crippen LogP contribution < -0.4 is 15.5 Å². The van der Waals surface area contributed by atoms with E-state index < -0.39 is 23.7 Å². The van der Waals surface area contributed by atoms with E-state index >= 15 is 0 Å². The maximum atomic E-state index is 13.2. The van der Waals surface area contributed by atoms with Crippen molar-refractivity contribution in [2.45, 2.75) is 26.3 Å². The summed E-state index contributed by atoms with van der Waals surface area (Å²) in [6, 6.07) is 7.10. The van der Waals surface area contributed by atoms with Gasteiger partial charge >= 0.3 is 6.03 Å².